The summed E-state index contributed by atoms with van der Waals surface area (Å²) in [5, 5.41) is 9.46. The maximum absolute atomic E-state index is 12.5. The van der Waals surface area contributed by atoms with Crippen molar-refractivity contribution in [2.75, 3.05) is 30.3 Å². The zero-order valence-corrected chi connectivity index (χ0v) is 13.2. The standard InChI is InChI=1S/C12H21N3O3S2/c1-2-3-6-15(7-8-16)12-10(11(13)14-19-12)20(17,18)9-4-5-9/h9,16H,2-8H2,1H3,(H2,13,14). The molecule has 0 atom stereocenters. The minimum atomic E-state index is -3.37. The van der Waals surface area contributed by atoms with Crippen LogP contribution in [0.1, 0.15) is 32.6 Å². The van der Waals surface area contributed by atoms with Crippen molar-refractivity contribution < 1.29 is 13.5 Å². The van der Waals surface area contributed by atoms with E-state index < -0.39 is 9.84 Å². The van der Waals surface area contributed by atoms with E-state index in [4.69, 9.17) is 5.73 Å². The lowest BCUT2D eigenvalue weighted by Crippen LogP contribution is -2.28. The van der Waals surface area contributed by atoms with Crippen molar-refractivity contribution in [3.8, 4) is 0 Å². The van der Waals surface area contributed by atoms with Gasteiger partial charge >= 0.3 is 0 Å². The molecule has 6 nitrogen and oxygen atoms in total. The quantitative estimate of drug-likeness (QED) is 0.749. The Morgan fingerprint density at radius 3 is 2.70 bits per heavy atom. The first-order valence-corrected chi connectivity index (χ1v) is 9.19. The monoisotopic (exact) mass is 319 g/mol. The fourth-order valence-corrected chi connectivity index (χ4v) is 5.16. The molecule has 1 saturated carbocycles. The summed E-state index contributed by atoms with van der Waals surface area (Å²) in [5.74, 6) is 0.0938. The Morgan fingerprint density at radius 2 is 2.15 bits per heavy atom. The number of nitrogens with two attached hydrogens (primary N) is 1. The van der Waals surface area contributed by atoms with E-state index in [0.29, 0.717) is 30.9 Å². The van der Waals surface area contributed by atoms with Gasteiger partial charge in [0.25, 0.3) is 0 Å². The molecular formula is C12H21N3O3S2. The zero-order valence-electron chi connectivity index (χ0n) is 11.6. The number of aliphatic hydroxyl groups excluding tert-OH is 1. The fraction of sp³-hybridized carbons (Fsp3) is 0.750. The first-order valence-electron chi connectivity index (χ1n) is 6.87. The molecule has 1 heterocycles. The van der Waals surface area contributed by atoms with Crippen LogP contribution < -0.4 is 10.6 Å². The lowest BCUT2D eigenvalue weighted by Gasteiger charge is -2.22. The van der Waals surface area contributed by atoms with Crippen LogP contribution in [0.2, 0.25) is 0 Å². The average molecular weight is 319 g/mol. The highest BCUT2D eigenvalue weighted by atomic mass is 32.2. The normalized spacial score (nSPS) is 15.5. The predicted octanol–water partition coefficient (Wildman–Crippen LogP) is 1.26. The summed E-state index contributed by atoms with van der Waals surface area (Å²) >= 11 is 1.11. The van der Waals surface area contributed by atoms with Gasteiger partial charge in [-0.3, -0.25) is 0 Å². The Morgan fingerprint density at radius 1 is 1.45 bits per heavy atom. The summed E-state index contributed by atoms with van der Waals surface area (Å²) in [6.45, 7) is 3.14. The molecule has 0 aromatic carbocycles. The molecular weight excluding hydrogens is 298 g/mol. The van der Waals surface area contributed by atoms with Crippen LogP contribution in [0.3, 0.4) is 0 Å². The van der Waals surface area contributed by atoms with E-state index in [0.717, 1.165) is 24.4 Å². The zero-order chi connectivity index (χ0) is 14.8. The van der Waals surface area contributed by atoms with Gasteiger partial charge in [-0.1, -0.05) is 13.3 Å². The first kappa shape index (κ1) is 15.5. The van der Waals surface area contributed by atoms with Crippen molar-refractivity contribution in [3.63, 3.8) is 0 Å². The number of unbranched alkanes of at least 4 members (excludes halogenated alkanes) is 1. The van der Waals surface area contributed by atoms with Crippen LogP contribution in [-0.2, 0) is 9.84 Å². The summed E-state index contributed by atoms with van der Waals surface area (Å²) < 4.78 is 29.0. The third kappa shape index (κ3) is 3.07. The number of hydrogen-bond acceptors (Lipinski definition) is 7. The fourth-order valence-electron chi connectivity index (χ4n) is 2.08. The summed E-state index contributed by atoms with van der Waals surface area (Å²) in [6, 6.07) is 0. The van der Waals surface area contributed by atoms with Crippen LogP contribution in [0.15, 0.2) is 4.90 Å². The van der Waals surface area contributed by atoms with Crippen molar-refractivity contribution in [1.82, 2.24) is 4.37 Å². The van der Waals surface area contributed by atoms with E-state index in [1.807, 2.05) is 4.90 Å². The molecule has 1 aromatic rings. The number of nitrogens with zero attached hydrogens (tertiary/aromatic N) is 2. The van der Waals surface area contributed by atoms with Gasteiger partial charge in [-0.25, -0.2) is 8.42 Å². The van der Waals surface area contributed by atoms with Crippen LogP contribution >= 0.6 is 11.5 Å². The minimum Gasteiger partial charge on any atom is -0.395 e. The van der Waals surface area contributed by atoms with Crippen LogP contribution in [-0.4, -0.2) is 42.8 Å². The summed E-state index contributed by atoms with van der Waals surface area (Å²) in [4.78, 5) is 2.06. The van der Waals surface area contributed by atoms with E-state index in [9.17, 15) is 13.5 Å². The van der Waals surface area contributed by atoms with Crippen LogP contribution in [0.25, 0.3) is 0 Å². The average Bonchev–Trinajstić information content (AvgIpc) is 3.18. The Balaban J connectivity index is 2.35. The summed E-state index contributed by atoms with van der Waals surface area (Å²) in [7, 11) is -3.37. The molecule has 0 amide bonds. The van der Waals surface area contributed by atoms with Crippen LogP contribution in [0.4, 0.5) is 10.8 Å². The maximum Gasteiger partial charge on any atom is 0.187 e. The second kappa shape index (κ2) is 6.28. The lowest BCUT2D eigenvalue weighted by molar-refractivity contribution is 0.301. The molecule has 2 rings (SSSR count). The highest BCUT2D eigenvalue weighted by molar-refractivity contribution is 7.92. The number of aromatic nitrogens is 1. The highest BCUT2D eigenvalue weighted by Crippen LogP contribution is 2.42. The van der Waals surface area contributed by atoms with Crippen molar-refractivity contribution >= 4 is 32.2 Å². The largest absolute Gasteiger partial charge is 0.395 e. The van der Waals surface area contributed by atoms with E-state index in [1.165, 1.54) is 0 Å². The van der Waals surface area contributed by atoms with E-state index in [-0.39, 0.29) is 22.6 Å². The molecule has 0 bridgehead atoms. The third-order valence-corrected chi connectivity index (χ3v) is 6.72. The van der Waals surface area contributed by atoms with Crippen molar-refractivity contribution in [2.45, 2.75) is 42.8 Å². The molecule has 3 N–H and O–H groups in total. The molecule has 0 saturated heterocycles. The number of rotatable bonds is 8. The number of anilines is 2. The Labute approximate surface area is 123 Å². The van der Waals surface area contributed by atoms with Crippen molar-refractivity contribution in [2.24, 2.45) is 0 Å². The lowest BCUT2D eigenvalue weighted by atomic mass is 10.3. The summed E-state index contributed by atoms with van der Waals surface area (Å²) in [5.41, 5.74) is 5.79. The SMILES string of the molecule is CCCCN(CCO)c1snc(N)c1S(=O)(=O)C1CC1. The number of hydrogen-bond donors (Lipinski definition) is 2. The molecule has 0 unspecified atom stereocenters. The van der Waals surface area contributed by atoms with Gasteiger partial charge in [-0.2, -0.15) is 4.37 Å². The van der Waals surface area contributed by atoms with Gasteiger partial charge in [0.15, 0.2) is 15.7 Å². The summed E-state index contributed by atoms with van der Waals surface area (Å²) in [6.07, 6.45) is 3.33. The smallest absolute Gasteiger partial charge is 0.187 e. The molecule has 114 valence electrons. The molecule has 0 radical (unpaired) electrons. The number of sulfone groups is 1. The van der Waals surface area contributed by atoms with Crippen LogP contribution in [0, 0.1) is 0 Å². The maximum atomic E-state index is 12.5. The molecule has 8 heteroatoms. The van der Waals surface area contributed by atoms with Gasteiger partial charge in [0.2, 0.25) is 0 Å². The molecule has 1 aliphatic carbocycles. The van der Waals surface area contributed by atoms with Gasteiger partial charge in [0, 0.05) is 13.1 Å². The van der Waals surface area contributed by atoms with Crippen molar-refractivity contribution in [3.05, 3.63) is 0 Å². The molecule has 0 spiro atoms. The van der Waals surface area contributed by atoms with Crippen molar-refractivity contribution in [1.29, 1.82) is 0 Å². The van der Waals surface area contributed by atoms with Gasteiger partial charge in [0.1, 0.15) is 9.90 Å². The first-order chi connectivity index (χ1) is 9.52. The minimum absolute atomic E-state index is 0.0234. The topological polar surface area (TPSA) is 96.5 Å². The van der Waals surface area contributed by atoms with Crippen LogP contribution in [0.5, 0.6) is 0 Å². The molecule has 0 aliphatic heterocycles. The predicted molar refractivity (Wildman–Crippen MR) is 80.9 cm³/mol. The number of aliphatic hydroxyl groups is 1. The molecule has 1 aromatic heterocycles. The van der Waals surface area contributed by atoms with Gasteiger partial charge in [0.05, 0.1) is 11.9 Å². The van der Waals surface area contributed by atoms with E-state index in [1.54, 1.807) is 0 Å². The van der Waals surface area contributed by atoms with Gasteiger partial charge in [-0.05, 0) is 30.8 Å². The van der Waals surface area contributed by atoms with E-state index >= 15 is 0 Å². The van der Waals surface area contributed by atoms with E-state index in [2.05, 4.69) is 11.3 Å². The third-order valence-electron chi connectivity index (χ3n) is 3.34. The second-order valence-electron chi connectivity index (χ2n) is 5.01. The Kier molecular flexibility index (Phi) is 4.87. The number of nitrogen functional groups attached to an aromatic ring is 1. The van der Waals surface area contributed by atoms with Gasteiger partial charge in [-0.15, -0.1) is 0 Å². The highest BCUT2D eigenvalue weighted by Gasteiger charge is 2.41. The molecule has 20 heavy (non-hydrogen) atoms. The second-order valence-corrected chi connectivity index (χ2v) is 7.93. The molecule has 1 aliphatic rings. The Hall–Kier alpha value is -0.860. The molecule has 1 fully saturated rings. The Bertz CT molecular complexity index is 552. The van der Waals surface area contributed by atoms with Gasteiger partial charge < -0.3 is 15.7 Å².